The number of carbonyl (C=O) groups is 2. The molecule has 0 spiro atoms. The molecule has 0 saturated carbocycles. The lowest BCUT2D eigenvalue weighted by Crippen LogP contribution is -2.49. The van der Waals surface area contributed by atoms with Crippen LogP contribution in [-0.4, -0.2) is 84.9 Å². The van der Waals surface area contributed by atoms with Crippen molar-refractivity contribution in [2.75, 3.05) is 47.4 Å². The standard InChI is InChI=1S/C28H43N5O4.2C2H6/c1-19(2)15-21(16-26(34)32-13-11-31(5)12-14-32)29-28(35)22-17-23(33(30-22)18-20(3)4)27-24(36-6)9-8-10-25(27)37-7;2*1-2/h8-10,17,19-21H,11-16,18H2,1-7H3,(H,29,35);2*1-2H3/t21-;;/m0../s1. The van der Waals surface area contributed by atoms with E-state index < -0.39 is 0 Å². The topological polar surface area (TPSA) is 88.9 Å². The fourth-order valence-electron chi connectivity index (χ4n) is 4.74. The molecular weight excluding hydrogens is 518 g/mol. The van der Waals surface area contributed by atoms with Gasteiger partial charge in [-0.25, -0.2) is 0 Å². The summed E-state index contributed by atoms with van der Waals surface area (Å²) in [5, 5.41) is 7.79. The summed E-state index contributed by atoms with van der Waals surface area (Å²) in [4.78, 5) is 30.6. The third-order valence-corrected chi connectivity index (χ3v) is 6.60. The predicted molar refractivity (Wildman–Crippen MR) is 168 cm³/mol. The third kappa shape index (κ3) is 10.7. The van der Waals surface area contributed by atoms with Gasteiger partial charge in [0, 0.05) is 45.2 Å². The Kier molecular flexibility index (Phi) is 16.1. The molecule has 0 radical (unpaired) electrons. The first kappa shape index (κ1) is 36.0. The fraction of sp³-hybridized carbons (Fsp3) is 0.656. The van der Waals surface area contributed by atoms with Crippen LogP contribution in [-0.2, 0) is 11.3 Å². The molecule has 1 aliphatic heterocycles. The Hall–Kier alpha value is -3.07. The van der Waals surface area contributed by atoms with Crippen LogP contribution >= 0.6 is 0 Å². The Labute approximate surface area is 248 Å². The maximum Gasteiger partial charge on any atom is 0.272 e. The average Bonchev–Trinajstić information content (AvgIpc) is 3.37. The van der Waals surface area contributed by atoms with Crippen LogP contribution in [0.2, 0.25) is 0 Å². The van der Waals surface area contributed by atoms with E-state index in [0.717, 1.165) is 37.4 Å². The van der Waals surface area contributed by atoms with Crippen LogP contribution in [0.1, 0.15) is 78.7 Å². The van der Waals surface area contributed by atoms with Crippen molar-refractivity contribution in [3.05, 3.63) is 30.0 Å². The number of hydrogen-bond donors (Lipinski definition) is 1. The second-order valence-electron chi connectivity index (χ2n) is 10.7. The number of likely N-dealkylation sites (N-methyl/N-ethyl adjacent to an activating group) is 1. The molecule has 41 heavy (non-hydrogen) atoms. The van der Waals surface area contributed by atoms with Gasteiger partial charge in [-0.15, -0.1) is 0 Å². The van der Waals surface area contributed by atoms with E-state index >= 15 is 0 Å². The summed E-state index contributed by atoms with van der Waals surface area (Å²) in [5.74, 6) is 1.74. The van der Waals surface area contributed by atoms with Crippen molar-refractivity contribution in [1.82, 2.24) is 24.9 Å². The van der Waals surface area contributed by atoms with Gasteiger partial charge in [0.25, 0.3) is 5.91 Å². The van der Waals surface area contributed by atoms with Crippen molar-refractivity contribution in [3.63, 3.8) is 0 Å². The van der Waals surface area contributed by atoms with Crippen molar-refractivity contribution in [2.45, 2.75) is 80.8 Å². The Bertz CT molecular complexity index is 1040. The lowest BCUT2D eigenvalue weighted by atomic mass is 10.00. The van der Waals surface area contributed by atoms with Crippen molar-refractivity contribution >= 4 is 11.8 Å². The molecule has 1 saturated heterocycles. The zero-order valence-electron chi connectivity index (χ0n) is 27.4. The van der Waals surface area contributed by atoms with E-state index in [9.17, 15) is 9.59 Å². The van der Waals surface area contributed by atoms with E-state index in [0.29, 0.717) is 42.0 Å². The molecule has 0 bridgehead atoms. The number of ether oxygens (including phenoxy) is 2. The van der Waals surface area contributed by atoms with Crippen molar-refractivity contribution in [1.29, 1.82) is 0 Å². The SMILES string of the molecule is CC.CC.COc1cccc(OC)c1-c1cc(C(=O)N[C@H](CC(=O)N2CCN(C)CC2)CC(C)C)nn1CC(C)C. The van der Waals surface area contributed by atoms with Gasteiger partial charge >= 0.3 is 0 Å². The summed E-state index contributed by atoms with van der Waals surface area (Å²) < 4.78 is 13.1. The predicted octanol–water partition coefficient (Wildman–Crippen LogP) is 5.58. The summed E-state index contributed by atoms with van der Waals surface area (Å²) in [5.41, 5.74) is 1.81. The monoisotopic (exact) mass is 573 g/mol. The zero-order chi connectivity index (χ0) is 31.1. The van der Waals surface area contributed by atoms with E-state index in [1.165, 1.54) is 0 Å². The number of nitrogens with zero attached hydrogens (tertiary/aromatic N) is 4. The molecule has 232 valence electrons. The van der Waals surface area contributed by atoms with E-state index in [2.05, 4.69) is 50.1 Å². The summed E-state index contributed by atoms with van der Waals surface area (Å²) in [7, 11) is 5.29. The summed E-state index contributed by atoms with van der Waals surface area (Å²) in [6.45, 7) is 20.2. The number of aromatic nitrogens is 2. The molecule has 9 nitrogen and oxygen atoms in total. The molecule has 1 fully saturated rings. The summed E-state index contributed by atoms with van der Waals surface area (Å²) >= 11 is 0. The number of piperazine rings is 1. The smallest absolute Gasteiger partial charge is 0.272 e. The molecular formula is C32H55N5O4. The Morgan fingerprint density at radius 3 is 1.98 bits per heavy atom. The van der Waals surface area contributed by atoms with Crippen LogP contribution in [0.15, 0.2) is 24.3 Å². The Morgan fingerprint density at radius 1 is 0.927 bits per heavy atom. The summed E-state index contributed by atoms with van der Waals surface area (Å²) in [6, 6.07) is 7.12. The number of hydrogen-bond acceptors (Lipinski definition) is 6. The molecule has 1 N–H and O–H groups in total. The van der Waals surface area contributed by atoms with Gasteiger partial charge in [0.1, 0.15) is 11.5 Å². The fourth-order valence-corrected chi connectivity index (χ4v) is 4.74. The number of carbonyl (C=O) groups excluding carboxylic acids is 2. The molecule has 1 atom stereocenters. The van der Waals surface area contributed by atoms with Crippen molar-refractivity contribution in [3.8, 4) is 22.8 Å². The quantitative estimate of drug-likeness (QED) is 0.377. The third-order valence-electron chi connectivity index (χ3n) is 6.60. The lowest BCUT2D eigenvalue weighted by molar-refractivity contribution is -0.133. The van der Waals surface area contributed by atoms with Crippen LogP contribution < -0.4 is 14.8 Å². The molecule has 1 aromatic carbocycles. The van der Waals surface area contributed by atoms with E-state index in [-0.39, 0.29) is 24.3 Å². The minimum Gasteiger partial charge on any atom is -0.496 e. The van der Waals surface area contributed by atoms with Crippen LogP contribution in [0.3, 0.4) is 0 Å². The second kappa shape index (κ2) is 18.4. The molecule has 3 rings (SSSR count). The second-order valence-corrected chi connectivity index (χ2v) is 10.7. The Balaban J connectivity index is 0.00000201. The van der Waals surface area contributed by atoms with Crippen LogP contribution in [0, 0.1) is 11.8 Å². The lowest BCUT2D eigenvalue weighted by Gasteiger charge is -2.33. The maximum atomic E-state index is 13.4. The highest BCUT2D eigenvalue weighted by Gasteiger charge is 2.26. The number of rotatable bonds is 11. The van der Waals surface area contributed by atoms with Gasteiger partial charge in [0.2, 0.25) is 5.91 Å². The van der Waals surface area contributed by atoms with Crippen molar-refractivity contribution < 1.29 is 19.1 Å². The maximum absolute atomic E-state index is 13.4. The van der Waals surface area contributed by atoms with Crippen molar-refractivity contribution in [2.24, 2.45) is 11.8 Å². The number of amides is 2. The molecule has 2 aromatic rings. The average molecular weight is 574 g/mol. The van der Waals surface area contributed by atoms with Gasteiger partial charge in [-0.3, -0.25) is 14.3 Å². The first-order valence-electron chi connectivity index (χ1n) is 15.2. The van der Waals surface area contributed by atoms with E-state index in [1.54, 1.807) is 20.3 Å². The van der Waals surface area contributed by atoms with Gasteiger partial charge < -0.3 is 24.6 Å². The number of methoxy groups -OCH3 is 2. The van der Waals surface area contributed by atoms with E-state index in [4.69, 9.17) is 9.47 Å². The highest BCUT2D eigenvalue weighted by Crippen LogP contribution is 2.38. The van der Waals surface area contributed by atoms with Crippen LogP contribution in [0.4, 0.5) is 0 Å². The molecule has 2 heterocycles. The molecule has 1 aromatic heterocycles. The van der Waals surface area contributed by atoms with Gasteiger partial charge in [0.05, 0.1) is 25.5 Å². The van der Waals surface area contributed by atoms with Gasteiger partial charge in [-0.1, -0.05) is 61.5 Å². The molecule has 0 aliphatic carbocycles. The Morgan fingerprint density at radius 2 is 1.49 bits per heavy atom. The largest absolute Gasteiger partial charge is 0.496 e. The van der Waals surface area contributed by atoms with E-state index in [1.807, 2.05) is 55.5 Å². The first-order valence-corrected chi connectivity index (χ1v) is 15.2. The summed E-state index contributed by atoms with van der Waals surface area (Å²) in [6.07, 6.45) is 0.999. The molecule has 9 heteroatoms. The first-order chi connectivity index (χ1) is 19.6. The minimum atomic E-state index is -0.283. The molecule has 0 unspecified atom stereocenters. The van der Waals surface area contributed by atoms with Crippen LogP contribution in [0.25, 0.3) is 11.3 Å². The zero-order valence-corrected chi connectivity index (χ0v) is 27.4. The van der Waals surface area contributed by atoms with Gasteiger partial charge in [0.15, 0.2) is 5.69 Å². The van der Waals surface area contributed by atoms with Gasteiger partial charge in [-0.05, 0) is 43.5 Å². The molecule has 1 aliphatic rings. The highest BCUT2D eigenvalue weighted by atomic mass is 16.5. The normalized spacial score (nSPS) is 14.0. The minimum absolute atomic E-state index is 0.0869. The number of benzene rings is 1. The van der Waals surface area contributed by atoms with Crippen LogP contribution in [0.5, 0.6) is 11.5 Å². The number of nitrogens with one attached hydrogen (secondary N) is 1. The van der Waals surface area contributed by atoms with Gasteiger partial charge in [-0.2, -0.15) is 5.10 Å². The highest BCUT2D eigenvalue weighted by molar-refractivity contribution is 5.94. The molecule has 2 amide bonds.